The molecule has 2 aromatic heterocycles. The number of thiophene rings is 1. The quantitative estimate of drug-likeness (QED) is 0.617. The van der Waals surface area contributed by atoms with Crippen LogP contribution in [0.5, 0.6) is 0 Å². The van der Waals surface area contributed by atoms with Crippen LogP contribution in [0.1, 0.15) is 17.4 Å². The van der Waals surface area contributed by atoms with E-state index in [-0.39, 0.29) is 22.5 Å². The van der Waals surface area contributed by atoms with Gasteiger partial charge in [0.1, 0.15) is 17.5 Å². The number of nitrogens with zero attached hydrogens (tertiary/aromatic N) is 3. The van der Waals surface area contributed by atoms with Crippen LogP contribution in [-0.4, -0.2) is 27.7 Å². The van der Waals surface area contributed by atoms with Gasteiger partial charge in [-0.05, 0) is 24.8 Å². The molecule has 0 aliphatic carbocycles. The minimum absolute atomic E-state index is 0.0758. The van der Waals surface area contributed by atoms with Gasteiger partial charge in [-0.2, -0.15) is 5.26 Å². The van der Waals surface area contributed by atoms with E-state index in [1.165, 1.54) is 22.8 Å². The Bertz CT molecular complexity index is 681. The monoisotopic (exact) mass is 333 g/mol. The van der Waals surface area contributed by atoms with E-state index in [4.69, 9.17) is 11.0 Å². The van der Waals surface area contributed by atoms with Gasteiger partial charge in [-0.3, -0.25) is 4.79 Å². The second-order valence-electron chi connectivity index (χ2n) is 4.44. The van der Waals surface area contributed by atoms with E-state index in [9.17, 15) is 4.79 Å². The molecule has 0 saturated heterocycles. The van der Waals surface area contributed by atoms with Crippen LogP contribution in [0.3, 0.4) is 0 Å². The van der Waals surface area contributed by atoms with E-state index in [2.05, 4.69) is 15.3 Å². The second kappa shape index (κ2) is 7.77. The summed E-state index contributed by atoms with van der Waals surface area (Å²) in [6.07, 6.45) is 2.19. The minimum Gasteiger partial charge on any atom is -0.382 e. The third-order valence-corrected chi connectivity index (χ3v) is 4.73. The molecule has 22 heavy (non-hydrogen) atoms. The molecule has 0 aliphatic heterocycles. The van der Waals surface area contributed by atoms with Crippen LogP contribution < -0.4 is 11.1 Å². The highest BCUT2D eigenvalue weighted by atomic mass is 32.2. The van der Waals surface area contributed by atoms with Gasteiger partial charge in [0.15, 0.2) is 5.16 Å². The Morgan fingerprint density at radius 1 is 1.64 bits per heavy atom. The molecule has 1 atom stereocenters. The summed E-state index contributed by atoms with van der Waals surface area (Å²) in [6, 6.07) is 5.94. The third kappa shape index (κ3) is 4.44. The predicted molar refractivity (Wildman–Crippen MR) is 87.5 cm³/mol. The highest BCUT2D eigenvalue weighted by Gasteiger charge is 2.16. The number of carbonyl (C=O) groups is 1. The maximum absolute atomic E-state index is 12.0. The number of rotatable bonds is 6. The summed E-state index contributed by atoms with van der Waals surface area (Å²) < 4.78 is 0. The maximum Gasteiger partial charge on any atom is 0.233 e. The summed E-state index contributed by atoms with van der Waals surface area (Å²) in [7, 11) is 0. The Kier molecular flexibility index (Phi) is 5.75. The van der Waals surface area contributed by atoms with Crippen molar-refractivity contribution in [3.05, 3.63) is 34.2 Å². The van der Waals surface area contributed by atoms with Crippen molar-refractivity contribution in [1.82, 2.24) is 15.3 Å². The Hall–Kier alpha value is -2.11. The van der Waals surface area contributed by atoms with Crippen LogP contribution in [0.15, 0.2) is 28.9 Å². The average molecular weight is 333 g/mol. The zero-order chi connectivity index (χ0) is 15.9. The van der Waals surface area contributed by atoms with Gasteiger partial charge in [0.2, 0.25) is 5.91 Å². The minimum atomic E-state index is -0.337. The number of carbonyl (C=O) groups excluding carboxylic acids is 1. The van der Waals surface area contributed by atoms with Gasteiger partial charge in [0, 0.05) is 11.4 Å². The number of nitrogens with two attached hydrogens (primary N) is 1. The van der Waals surface area contributed by atoms with Crippen LogP contribution >= 0.6 is 23.1 Å². The Balaban J connectivity index is 1.83. The summed E-state index contributed by atoms with van der Waals surface area (Å²) in [4.78, 5) is 21.3. The van der Waals surface area contributed by atoms with Crippen LogP contribution in [0.25, 0.3) is 0 Å². The number of thioether (sulfide) groups is 1. The highest BCUT2D eigenvalue weighted by Crippen LogP contribution is 2.21. The highest BCUT2D eigenvalue weighted by molar-refractivity contribution is 8.00. The van der Waals surface area contributed by atoms with E-state index in [0.717, 1.165) is 6.42 Å². The number of aromatic nitrogens is 2. The molecule has 0 spiro atoms. The van der Waals surface area contributed by atoms with Gasteiger partial charge < -0.3 is 11.1 Å². The molecular weight excluding hydrogens is 318 g/mol. The van der Waals surface area contributed by atoms with Crippen molar-refractivity contribution in [3.8, 4) is 6.07 Å². The molecule has 0 fully saturated rings. The summed E-state index contributed by atoms with van der Waals surface area (Å²) in [5.41, 5.74) is 5.87. The first kappa shape index (κ1) is 16.3. The average Bonchev–Trinajstić information content (AvgIpc) is 3.00. The van der Waals surface area contributed by atoms with Crippen LogP contribution in [0.4, 0.5) is 5.82 Å². The summed E-state index contributed by atoms with van der Waals surface area (Å²) >= 11 is 2.89. The van der Waals surface area contributed by atoms with Crippen LogP contribution in [0, 0.1) is 11.3 Å². The number of hydrogen-bond acceptors (Lipinski definition) is 7. The Labute approximate surface area is 136 Å². The number of amides is 1. The number of nitrogen functional groups attached to an aromatic ring is 1. The topological polar surface area (TPSA) is 105 Å². The van der Waals surface area contributed by atoms with Crippen molar-refractivity contribution in [1.29, 1.82) is 5.26 Å². The van der Waals surface area contributed by atoms with Gasteiger partial charge in [-0.15, -0.1) is 11.3 Å². The largest absolute Gasteiger partial charge is 0.382 e. The molecule has 0 bridgehead atoms. The van der Waals surface area contributed by atoms with Gasteiger partial charge in [-0.1, -0.05) is 17.8 Å². The molecule has 0 aliphatic rings. The summed E-state index contributed by atoms with van der Waals surface area (Å²) in [5.74, 6) is 0.0541. The van der Waals surface area contributed by atoms with E-state index >= 15 is 0 Å². The lowest BCUT2D eigenvalue weighted by molar-refractivity contribution is -0.120. The molecule has 114 valence electrons. The van der Waals surface area contributed by atoms with Gasteiger partial charge in [0.25, 0.3) is 0 Å². The van der Waals surface area contributed by atoms with E-state index < -0.39 is 0 Å². The molecule has 6 nitrogen and oxygen atoms in total. The summed E-state index contributed by atoms with van der Waals surface area (Å²) in [5, 5.41) is 13.7. The first-order valence-electron chi connectivity index (χ1n) is 6.59. The standard InChI is InChI=1S/C14H15N5OS2/c1-9(13(20)17-5-4-11-3-2-6-21-11)22-14-18-8-10(7-15)12(16)19-14/h2-3,6,8-9H,4-5H2,1H3,(H,17,20)(H2,16,18,19). The zero-order valence-corrected chi connectivity index (χ0v) is 13.6. The molecule has 2 rings (SSSR count). The predicted octanol–water partition coefficient (Wildman–Crippen LogP) is 1.83. The molecule has 0 aromatic carbocycles. The fourth-order valence-electron chi connectivity index (χ4n) is 1.64. The molecule has 8 heteroatoms. The van der Waals surface area contributed by atoms with Gasteiger partial charge >= 0.3 is 0 Å². The lowest BCUT2D eigenvalue weighted by atomic mass is 10.3. The number of nitriles is 1. The van der Waals surface area contributed by atoms with Gasteiger partial charge in [0.05, 0.1) is 11.4 Å². The second-order valence-corrected chi connectivity index (χ2v) is 6.78. The molecular formula is C14H15N5OS2. The first-order valence-corrected chi connectivity index (χ1v) is 8.35. The molecule has 1 unspecified atom stereocenters. The fourth-order valence-corrected chi connectivity index (χ4v) is 3.12. The third-order valence-electron chi connectivity index (χ3n) is 2.82. The molecule has 0 saturated carbocycles. The summed E-state index contributed by atoms with van der Waals surface area (Å²) in [6.45, 7) is 2.38. The molecule has 3 N–H and O–H groups in total. The molecule has 2 aromatic rings. The SMILES string of the molecule is CC(Sc1ncc(C#N)c(N)n1)C(=O)NCCc1cccs1. The number of hydrogen-bond donors (Lipinski definition) is 2. The van der Waals surface area contributed by atoms with Crippen molar-refractivity contribution >= 4 is 34.8 Å². The van der Waals surface area contributed by atoms with Gasteiger partial charge in [-0.25, -0.2) is 9.97 Å². The number of anilines is 1. The van der Waals surface area contributed by atoms with Crippen molar-refractivity contribution in [2.45, 2.75) is 23.8 Å². The normalized spacial score (nSPS) is 11.6. The molecule has 2 heterocycles. The van der Waals surface area contributed by atoms with Crippen LogP contribution in [0.2, 0.25) is 0 Å². The Morgan fingerprint density at radius 2 is 2.45 bits per heavy atom. The van der Waals surface area contributed by atoms with Crippen molar-refractivity contribution < 1.29 is 4.79 Å². The van der Waals surface area contributed by atoms with E-state index in [0.29, 0.717) is 11.7 Å². The fraction of sp³-hybridized carbons (Fsp3) is 0.286. The van der Waals surface area contributed by atoms with E-state index in [1.807, 2.05) is 23.6 Å². The van der Waals surface area contributed by atoms with E-state index in [1.54, 1.807) is 18.3 Å². The number of nitrogens with one attached hydrogen (secondary N) is 1. The molecule has 0 radical (unpaired) electrons. The maximum atomic E-state index is 12.0. The lowest BCUT2D eigenvalue weighted by Gasteiger charge is -2.11. The lowest BCUT2D eigenvalue weighted by Crippen LogP contribution is -2.32. The van der Waals surface area contributed by atoms with Crippen molar-refractivity contribution in [2.24, 2.45) is 0 Å². The smallest absolute Gasteiger partial charge is 0.233 e. The molecule has 1 amide bonds. The van der Waals surface area contributed by atoms with Crippen molar-refractivity contribution in [2.75, 3.05) is 12.3 Å². The van der Waals surface area contributed by atoms with Crippen molar-refractivity contribution in [3.63, 3.8) is 0 Å². The Morgan fingerprint density at radius 3 is 3.09 bits per heavy atom. The van der Waals surface area contributed by atoms with Crippen LogP contribution in [-0.2, 0) is 11.2 Å². The zero-order valence-electron chi connectivity index (χ0n) is 11.9. The first-order chi connectivity index (χ1) is 10.6.